The van der Waals surface area contributed by atoms with Gasteiger partial charge < -0.3 is 14.7 Å². The van der Waals surface area contributed by atoms with Crippen molar-refractivity contribution in [2.75, 3.05) is 35.9 Å². The molecule has 1 aliphatic heterocycles. The molecule has 1 heterocycles. The first-order valence-corrected chi connectivity index (χ1v) is 9.96. The Morgan fingerprint density at radius 3 is 2.24 bits per heavy atom. The largest absolute Gasteiger partial charge is 0.478 e. The summed E-state index contributed by atoms with van der Waals surface area (Å²) in [6, 6.07) is 7.22. The highest BCUT2D eigenvalue weighted by Crippen LogP contribution is 2.36. The summed E-state index contributed by atoms with van der Waals surface area (Å²) in [7, 11) is -4.25. The van der Waals surface area contributed by atoms with E-state index in [0.29, 0.717) is 32.0 Å². The first-order valence-electron chi connectivity index (χ1n) is 8.48. The third kappa shape index (κ3) is 4.80. The normalized spacial score (nSPS) is 15.2. The molecule has 0 bridgehead atoms. The Kier molecular flexibility index (Phi) is 5.71. The fourth-order valence-corrected chi connectivity index (χ4v) is 3.92. The average Bonchev–Trinajstić information content (AvgIpc) is 2.67. The number of alkyl halides is 3. The minimum atomic E-state index is -4.65. The molecule has 29 heavy (non-hydrogen) atoms. The van der Waals surface area contributed by atoms with Gasteiger partial charge in [0.1, 0.15) is 0 Å². The van der Waals surface area contributed by atoms with Crippen LogP contribution in [0.5, 0.6) is 0 Å². The van der Waals surface area contributed by atoms with Crippen molar-refractivity contribution in [1.82, 2.24) is 0 Å². The molecule has 0 amide bonds. The summed E-state index contributed by atoms with van der Waals surface area (Å²) in [4.78, 5) is 12.4. The molecule has 11 heteroatoms. The summed E-state index contributed by atoms with van der Waals surface area (Å²) >= 11 is 0. The summed E-state index contributed by atoms with van der Waals surface area (Å²) in [6.45, 7) is 1.52. The predicted octanol–water partition coefficient (Wildman–Crippen LogP) is 3.04. The van der Waals surface area contributed by atoms with E-state index in [4.69, 9.17) is 9.84 Å². The van der Waals surface area contributed by atoms with Crippen LogP contribution in [0, 0.1) is 0 Å². The predicted molar refractivity (Wildman–Crippen MR) is 98.7 cm³/mol. The molecule has 2 N–H and O–H groups in total. The summed E-state index contributed by atoms with van der Waals surface area (Å²) in [5.74, 6) is -1.23. The Morgan fingerprint density at radius 1 is 1.07 bits per heavy atom. The highest BCUT2D eigenvalue weighted by molar-refractivity contribution is 7.92. The number of anilines is 2. The maximum atomic E-state index is 13.2. The number of halogens is 3. The van der Waals surface area contributed by atoms with Crippen LogP contribution in [0.25, 0.3) is 0 Å². The van der Waals surface area contributed by atoms with Crippen molar-refractivity contribution in [3.05, 3.63) is 53.6 Å². The quantitative estimate of drug-likeness (QED) is 0.757. The lowest BCUT2D eigenvalue weighted by molar-refractivity contribution is -0.137. The molecule has 7 nitrogen and oxygen atoms in total. The maximum absolute atomic E-state index is 13.2. The lowest BCUT2D eigenvalue weighted by Gasteiger charge is -2.31. The Bertz CT molecular complexity index is 1000. The van der Waals surface area contributed by atoms with Crippen LogP contribution in [0.3, 0.4) is 0 Å². The van der Waals surface area contributed by atoms with Gasteiger partial charge in [-0.25, -0.2) is 13.2 Å². The Morgan fingerprint density at radius 2 is 1.69 bits per heavy atom. The smallest absolute Gasteiger partial charge is 0.416 e. The number of sulfonamides is 1. The number of nitrogens with one attached hydrogen (secondary N) is 1. The monoisotopic (exact) mass is 430 g/mol. The topological polar surface area (TPSA) is 95.9 Å². The molecule has 1 saturated heterocycles. The molecule has 156 valence electrons. The van der Waals surface area contributed by atoms with E-state index in [0.717, 1.165) is 36.4 Å². The molecule has 0 unspecified atom stereocenters. The number of carboxylic acid groups (broad SMARTS) is 1. The Balaban J connectivity index is 1.99. The Labute approximate surface area is 164 Å². The fourth-order valence-electron chi connectivity index (χ4n) is 2.85. The third-order valence-electron chi connectivity index (χ3n) is 4.33. The van der Waals surface area contributed by atoms with Crippen molar-refractivity contribution in [1.29, 1.82) is 0 Å². The van der Waals surface area contributed by atoms with Crippen molar-refractivity contribution in [3.8, 4) is 0 Å². The van der Waals surface area contributed by atoms with Crippen molar-refractivity contribution in [2.45, 2.75) is 11.1 Å². The first-order chi connectivity index (χ1) is 13.6. The number of hydrogen-bond acceptors (Lipinski definition) is 5. The van der Waals surface area contributed by atoms with E-state index in [1.54, 1.807) is 4.90 Å². The van der Waals surface area contributed by atoms with Gasteiger partial charge in [0.2, 0.25) is 0 Å². The van der Waals surface area contributed by atoms with Gasteiger partial charge in [-0.05, 0) is 42.5 Å². The highest BCUT2D eigenvalue weighted by atomic mass is 32.2. The zero-order chi connectivity index (χ0) is 21.2. The van der Waals surface area contributed by atoms with Crippen LogP contribution >= 0.6 is 0 Å². The van der Waals surface area contributed by atoms with Crippen molar-refractivity contribution in [2.24, 2.45) is 0 Å². The van der Waals surface area contributed by atoms with E-state index in [9.17, 15) is 26.4 Å². The number of benzene rings is 2. The van der Waals surface area contributed by atoms with E-state index in [-0.39, 0.29) is 16.1 Å². The Hall–Kier alpha value is -2.79. The highest BCUT2D eigenvalue weighted by Gasteiger charge is 2.32. The van der Waals surface area contributed by atoms with E-state index < -0.39 is 27.7 Å². The van der Waals surface area contributed by atoms with Crippen molar-refractivity contribution >= 4 is 27.4 Å². The summed E-state index contributed by atoms with van der Waals surface area (Å²) in [5.41, 5.74) is -1.03. The number of rotatable bonds is 5. The van der Waals surface area contributed by atoms with Crippen LogP contribution < -0.4 is 9.62 Å². The average molecular weight is 430 g/mol. The van der Waals surface area contributed by atoms with Crippen molar-refractivity contribution in [3.63, 3.8) is 0 Å². The number of morpholine rings is 1. The van der Waals surface area contributed by atoms with Gasteiger partial charge in [0.05, 0.1) is 40.6 Å². The zero-order valence-corrected chi connectivity index (χ0v) is 15.8. The minimum absolute atomic E-state index is 0.114. The van der Waals surface area contributed by atoms with Gasteiger partial charge in [-0.1, -0.05) is 0 Å². The summed E-state index contributed by atoms with van der Waals surface area (Å²) < 4.78 is 72.3. The third-order valence-corrected chi connectivity index (χ3v) is 5.71. The molecule has 0 radical (unpaired) electrons. The molecule has 0 atom stereocenters. The van der Waals surface area contributed by atoms with Gasteiger partial charge >= 0.3 is 12.1 Å². The second kappa shape index (κ2) is 7.91. The summed E-state index contributed by atoms with van der Waals surface area (Å²) in [6.07, 6.45) is -4.65. The molecule has 0 saturated carbocycles. The molecular formula is C18H17F3N2O5S. The van der Waals surface area contributed by atoms with Crippen molar-refractivity contribution < 1.29 is 36.2 Å². The molecular weight excluding hydrogens is 413 g/mol. The van der Waals surface area contributed by atoms with Gasteiger partial charge in [0.15, 0.2) is 0 Å². The lowest BCUT2D eigenvalue weighted by Crippen LogP contribution is -2.36. The van der Waals surface area contributed by atoms with E-state index in [2.05, 4.69) is 4.72 Å². The second-order valence-corrected chi connectivity index (χ2v) is 7.95. The minimum Gasteiger partial charge on any atom is -0.478 e. The van der Waals surface area contributed by atoms with Gasteiger partial charge in [-0.15, -0.1) is 0 Å². The SMILES string of the molecule is O=C(O)c1ccc(S(=O)(=O)Nc2cc(C(F)(F)F)ccc2N2CCOCC2)cc1. The molecule has 0 aromatic heterocycles. The summed E-state index contributed by atoms with van der Waals surface area (Å²) in [5, 5.41) is 8.91. The van der Waals surface area contributed by atoms with Gasteiger partial charge in [0.25, 0.3) is 10.0 Å². The fraction of sp³-hybridized carbons (Fsp3) is 0.278. The standard InChI is InChI=1S/C18H17F3N2O5S/c19-18(20,21)13-3-6-16(23-7-9-28-10-8-23)15(11-13)22-29(26,27)14-4-1-12(2-5-14)17(24)25/h1-6,11,22H,7-10H2,(H,24,25). The molecule has 2 aromatic rings. The van der Waals surface area contributed by atoms with Crippen LogP contribution in [-0.2, 0) is 20.9 Å². The van der Waals surface area contributed by atoms with Gasteiger partial charge in [0, 0.05) is 13.1 Å². The van der Waals surface area contributed by atoms with Crippen LogP contribution in [0.15, 0.2) is 47.4 Å². The molecule has 2 aromatic carbocycles. The van der Waals surface area contributed by atoms with Crippen LogP contribution in [0.4, 0.5) is 24.5 Å². The molecule has 1 fully saturated rings. The maximum Gasteiger partial charge on any atom is 0.416 e. The molecule has 3 rings (SSSR count). The second-order valence-electron chi connectivity index (χ2n) is 6.26. The zero-order valence-electron chi connectivity index (χ0n) is 14.9. The van der Waals surface area contributed by atoms with Gasteiger partial charge in [-0.3, -0.25) is 4.72 Å². The molecule has 0 spiro atoms. The van der Waals surface area contributed by atoms with Crippen LogP contribution in [0.1, 0.15) is 15.9 Å². The van der Waals surface area contributed by atoms with E-state index in [1.807, 2.05) is 0 Å². The number of carboxylic acids is 1. The van der Waals surface area contributed by atoms with Crippen LogP contribution in [-0.4, -0.2) is 45.8 Å². The number of carbonyl (C=O) groups is 1. The first kappa shape index (κ1) is 20.9. The van der Waals surface area contributed by atoms with E-state index >= 15 is 0 Å². The van der Waals surface area contributed by atoms with Crippen LogP contribution in [0.2, 0.25) is 0 Å². The number of nitrogens with zero attached hydrogens (tertiary/aromatic N) is 1. The van der Waals surface area contributed by atoms with E-state index in [1.165, 1.54) is 6.07 Å². The molecule has 1 aliphatic rings. The lowest BCUT2D eigenvalue weighted by atomic mass is 10.1. The molecule has 0 aliphatic carbocycles. The van der Waals surface area contributed by atoms with Gasteiger partial charge in [-0.2, -0.15) is 13.2 Å². The number of aromatic carboxylic acids is 1. The number of ether oxygens (including phenoxy) is 1. The number of hydrogen-bond donors (Lipinski definition) is 2.